The summed E-state index contributed by atoms with van der Waals surface area (Å²) in [7, 11) is 4.22. The van der Waals surface area contributed by atoms with E-state index in [1.807, 2.05) is 0 Å². The average molecular weight is 196 g/mol. The van der Waals surface area contributed by atoms with Gasteiger partial charge in [0.05, 0.1) is 0 Å². The quantitative estimate of drug-likeness (QED) is 0.703. The standard InChI is InChI=1S/C12H24N2/c1-13-11-7-9-5-3-4-6-10(9)8-12(11)14-2/h9-14H,3-8H2,1-2H3. The van der Waals surface area contributed by atoms with Gasteiger partial charge in [0.2, 0.25) is 0 Å². The van der Waals surface area contributed by atoms with Crippen molar-refractivity contribution in [2.45, 2.75) is 50.6 Å². The van der Waals surface area contributed by atoms with Crippen molar-refractivity contribution >= 4 is 0 Å². The van der Waals surface area contributed by atoms with Crippen LogP contribution < -0.4 is 10.6 Å². The maximum absolute atomic E-state index is 3.48. The first-order valence-corrected chi connectivity index (χ1v) is 6.19. The number of hydrogen-bond donors (Lipinski definition) is 2. The van der Waals surface area contributed by atoms with Gasteiger partial charge in [-0.2, -0.15) is 0 Å². The first-order chi connectivity index (χ1) is 6.85. The second-order valence-corrected chi connectivity index (χ2v) is 5.07. The zero-order valence-electron chi connectivity index (χ0n) is 9.55. The molecule has 0 saturated heterocycles. The van der Waals surface area contributed by atoms with Gasteiger partial charge in [0.15, 0.2) is 0 Å². The lowest BCUT2D eigenvalue weighted by Gasteiger charge is -2.43. The van der Waals surface area contributed by atoms with E-state index in [4.69, 9.17) is 0 Å². The van der Waals surface area contributed by atoms with E-state index in [2.05, 4.69) is 24.7 Å². The predicted molar refractivity (Wildman–Crippen MR) is 60.4 cm³/mol. The van der Waals surface area contributed by atoms with E-state index in [0.29, 0.717) is 12.1 Å². The summed E-state index contributed by atoms with van der Waals surface area (Å²) in [5.74, 6) is 2.04. The van der Waals surface area contributed by atoms with Gasteiger partial charge in [-0.05, 0) is 38.8 Å². The van der Waals surface area contributed by atoms with E-state index in [1.165, 1.54) is 38.5 Å². The van der Waals surface area contributed by atoms with Crippen LogP contribution in [0.2, 0.25) is 0 Å². The van der Waals surface area contributed by atoms with E-state index in [9.17, 15) is 0 Å². The van der Waals surface area contributed by atoms with Gasteiger partial charge in [0, 0.05) is 12.1 Å². The van der Waals surface area contributed by atoms with Crippen LogP contribution in [-0.4, -0.2) is 26.2 Å². The van der Waals surface area contributed by atoms with Crippen molar-refractivity contribution in [2.75, 3.05) is 14.1 Å². The average Bonchev–Trinajstić information content (AvgIpc) is 2.27. The molecule has 2 nitrogen and oxygen atoms in total. The summed E-state index contributed by atoms with van der Waals surface area (Å²) in [6, 6.07) is 1.42. The van der Waals surface area contributed by atoms with E-state index in [-0.39, 0.29) is 0 Å². The molecule has 0 spiro atoms. The third-order valence-electron chi connectivity index (χ3n) is 4.41. The Bertz CT molecular complexity index is 157. The summed E-state index contributed by atoms with van der Waals surface area (Å²) in [6.45, 7) is 0. The highest BCUT2D eigenvalue weighted by Crippen LogP contribution is 2.40. The SMILES string of the molecule is CNC1CC2CCCCC2CC1NC. The minimum absolute atomic E-state index is 0.708. The first-order valence-electron chi connectivity index (χ1n) is 6.19. The second-order valence-electron chi connectivity index (χ2n) is 5.07. The van der Waals surface area contributed by atoms with E-state index in [0.717, 1.165) is 11.8 Å². The Hall–Kier alpha value is -0.0800. The van der Waals surface area contributed by atoms with E-state index < -0.39 is 0 Å². The fourth-order valence-corrected chi connectivity index (χ4v) is 3.52. The second kappa shape index (κ2) is 4.63. The van der Waals surface area contributed by atoms with Crippen molar-refractivity contribution in [3.8, 4) is 0 Å². The van der Waals surface area contributed by atoms with E-state index in [1.54, 1.807) is 0 Å². The third kappa shape index (κ3) is 1.96. The molecule has 0 aromatic rings. The first kappa shape index (κ1) is 10.4. The summed E-state index contributed by atoms with van der Waals surface area (Å²) in [5.41, 5.74) is 0. The molecule has 2 aliphatic rings. The smallest absolute Gasteiger partial charge is 0.0220 e. The van der Waals surface area contributed by atoms with Crippen LogP contribution in [-0.2, 0) is 0 Å². The molecule has 4 unspecified atom stereocenters. The van der Waals surface area contributed by atoms with Crippen LogP contribution in [0.3, 0.4) is 0 Å². The molecule has 0 aromatic heterocycles. The molecule has 2 rings (SSSR count). The lowest BCUT2D eigenvalue weighted by molar-refractivity contribution is 0.119. The fraction of sp³-hybridized carbons (Fsp3) is 1.00. The number of hydrogen-bond acceptors (Lipinski definition) is 2. The Kier molecular flexibility index (Phi) is 3.45. The van der Waals surface area contributed by atoms with Crippen LogP contribution in [0.15, 0.2) is 0 Å². The summed E-state index contributed by atoms with van der Waals surface area (Å²) in [5, 5.41) is 6.95. The minimum atomic E-state index is 0.708. The molecule has 0 aromatic carbocycles. The molecule has 2 heteroatoms. The van der Waals surface area contributed by atoms with Gasteiger partial charge in [-0.1, -0.05) is 25.7 Å². The predicted octanol–water partition coefficient (Wildman–Crippen LogP) is 1.76. The molecule has 4 atom stereocenters. The zero-order valence-corrected chi connectivity index (χ0v) is 9.55. The highest BCUT2D eigenvalue weighted by atomic mass is 15.0. The Labute approximate surface area is 87.8 Å². The molecular weight excluding hydrogens is 172 g/mol. The fourth-order valence-electron chi connectivity index (χ4n) is 3.52. The van der Waals surface area contributed by atoms with E-state index >= 15 is 0 Å². The van der Waals surface area contributed by atoms with Gasteiger partial charge in [0.1, 0.15) is 0 Å². The van der Waals surface area contributed by atoms with Crippen LogP contribution in [0.25, 0.3) is 0 Å². The Morgan fingerprint density at radius 1 is 0.786 bits per heavy atom. The van der Waals surface area contributed by atoms with Crippen molar-refractivity contribution in [1.82, 2.24) is 10.6 Å². The van der Waals surface area contributed by atoms with Gasteiger partial charge in [-0.3, -0.25) is 0 Å². The number of nitrogens with one attached hydrogen (secondary N) is 2. The molecule has 2 saturated carbocycles. The summed E-state index contributed by atoms with van der Waals surface area (Å²) in [6.07, 6.45) is 8.71. The zero-order chi connectivity index (χ0) is 9.97. The molecule has 2 aliphatic carbocycles. The summed E-state index contributed by atoms with van der Waals surface area (Å²) >= 11 is 0. The molecule has 0 bridgehead atoms. The highest BCUT2D eigenvalue weighted by molar-refractivity contribution is 4.93. The van der Waals surface area contributed by atoms with Crippen LogP contribution in [0.5, 0.6) is 0 Å². The van der Waals surface area contributed by atoms with Gasteiger partial charge in [-0.15, -0.1) is 0 Å². The Balaban J connectivity index is 1.98. The molecular formula is C12H24N2. The van der Waals surface area contributed by atoms with Crippen LogP contribution >= 0.6 is 0 Å². The van der Waals surface area contributed by atoms with Crippen molar-refractivity contribution in [2.24, 2.45) is 11.8 Å². The summed E-state index contributed by atoms with van der Waals surface area (Å²) < 4.78 is 0. The molecule has 2 N–H and O–H groups in total. The molecule has 0 aliphatic heterocycles. The number of likely N-dealkylation sites (N-methyl/N-ethyl adjacent to an activating group) is 2. The number of fused-ring (bicyclic) bond motifs is 1. The third-order valence-corrected chi connectivity index (χ3v) is 4.41. The summed E-state index contributed by atoms with van der Waals surface area (Å²) in [4.78, 5) is 0. The van der Waals surface area contributed by atoms with Crippen molar-refractivity contribution in [3.63, 3.8) is 0 Å². The minimum Gasteiger partial charge on any atom is -0.315 e. The maximum atomic E-state index is 3.48. The maximum Gasteiger partial charge on any atom is 0.0220 e. The lowest BCUT2D eigenvalue weighted by Crippen LogP contribution is -2.52. The van der Waals surface area contributed by atoms with Gasteiger partial charge in [0.25, 0.3) is 0 Å². The van der Waals surface area contributed by atoms with Crippen molar-refractivity contribution in [3.05, 3.63) is 0 Å². The molecule has 2 fully saturated rings. The van der Waals surface area contributed by atoms with Crippen LogP contribution in [0.4, 0.5) is 0 Å². The Morgan fingerprint density at radius 2 is 1.21 bits per heavy atom. The van der Waals surface area contributed by atoms with Crippen LogP contribution in [0, 0.1) is 11.8 Å². The largest absolute Gasteiger partial charge is 0.315 e. The molecule has 0 heterocycles. The molecule has 0 radical (unpaired) electrons. The van der Waals surface area contributed by atoms with Crippen molar-refractivity contribution < 1.29 is 0 Å². The van der Waals surface area contributed by atoms with Gasteiger partial charge < -0.3 is 10.6 Å². The van der Waals surface area contributed by atoms with Crippen LogP contribution in [0.1, 0.15) is 38.5 Å². The normalized spacial score (nSPS) is 43.3. The lowest BCUT2D eigenvalue weighted by atomic mass is 9.68. The monoisotopic (exact) mass is 196 g/mol. The topological polar surface area (TPSA) is 24.1 Å². The van der Waals surface area contributed by atoms with Crippen molar-refractivity contribution in [1.29, 1.82) is 0 Å². The molecule has 82 valence electrons. The molecule has 14 heavy (non-hydrogen) atoms. The highest BCUT2D eigenvalue weighted by Gasteiger charge is 2.36. The van der Waals surface area contributed by atoms with Gasteiger partial charge >= 0.3 is 0 Å². The Morgan fingerprint density at radius 3 is 1.57 bits per heavy atom. The van der Waals surface area contributed by atoms with Gasteiger partial charge in [-0.25, -0.2) is 0 Å². The molecule has 0 amide bonds. The number of rotatable bonds is 2.